The Kier molecular flexibility index (Phi) is 6.00. The lowest BCUT2D eigenvalue weighted by molar-refractivity contribution is -0.384. The molecular weight excluding hydrogens is 336 g/mol. The first-order valence-corrected chi connectivity index (χ1v) is 8.53. The summed E-state index contributed by atoms with van der Waals surface area (Å²) in [5.41, 5.74) is 0.648. The number of thioether (sulfide) groups is 2. The van der Waals surface area contributed by atoms with Gasteiger partial charge in [-0.05, 0) is 30.8 Å². The topological polar surface area (TPSA) is 81.8 Å². The molecule has 0 aliphatic carbocycles. The Hall–Kier alpha value is -2.06. The normalized spacial score (nSPS) is 15.6. The van der Waals surface area contributed by atoms with Crippen LogP contribution in [0.15, 0.2) is 41.5 Å². The number of benzene rings is 1. The number of nitro benzene ring substituents is 1. The number of ether oxygens (including phenoxy) is 1. The van der Waals surface area contributed by atoms with Crippen LogP contribution in [-0.4, -0.2) is 26.8 Å². The molecule has 0 radical (unpaired) electrons. The Morgan fingerprint density at radius 3 is 2.96 bits per heavy atom. The van der Waals surface area contributed by atoms with Crippen LogP contribution in [0.3, 0.4) is 0 Å². The number of non-ortho nitro benzene ring substituents is 1. The van der Waals surface area contributed by atoms with Crippen molar-refractivity contribution < 1.29 is 14.5 Å². The summed E-state index contributed by atoms with van der Waals surface area (Å²) in [5.74, 6) is 1.14. The lowest BCUT2D eigenvalue weighted by atomic mass is 10.1. The van der Waals surface area contributed by atoms with Crippen LogP contribution < -0.4 is 4.74 Å². The van der Waals surface area contributed by atoms with Gasteiger partial charge in [0.1, 0.15) is 15.8 Å². The molecule has 0 N–H and O–H groups in total. The van der Waals surface area contributed by atoms with Gasteiger partial charge >= 0.3 is 0 Å². The van der Waals surface area contributed by atoms with Crippen molar-refractivity contribution >= 4 is 44.8 Å². The SMILES string of the molecule is C=CCSC1=NC(=Cc2cc([N+](=O)[O-])ccc2OCC)C(=O)S1. The molecule has 0 amide bonds. The summed E-state index contributed by atoms with van der Waals surface area (Å²) in [7, 11) is 0. The van der Waals surface area contributed by atoms with Gasteiger partial charge in [-0.25, -0.2) is 4.99 Å². The van der Waals surface area contributed by atoms with Crippen LogP contribution in [0.1, 0.15) is 12.5 Å². The highest BCUT2D eigenvalue weighted by atomic mass is 32.2. The molecule has 1 aromatic carbocycles. The minimum atomic E-state index is -0.489. The summed E-state index contributed by atoms with van der Waals surface area (Å²) in [4.78, 5) is 26.7. The van der Waals surface area contributed by atoms with Gasteiger partial charge in [0.2, 0.25) is 5.12 Å². The van der Waals surface area contributed by atoms with Crippen LogP contribution in [0, 0.1) is 10.1 Å². The Morgan fingerprint density at radius 1 is 1.52 bits per heavy atom. The highest BCUT2D eigenvalue weighted by molar-refractivity contribution is 8.45. The number of carbonyl (C=O) groups is 1. The monoisotopic (exact) mass is 350 g/mol. The van der Waals surface area contributed by atoms with Gasteiger partial charge in [-0.3, -0.25) is 14.9 Å². The first-order chi connectivity index (χ1) is 11.0. The molecule has 0 atom stereocenters. The molecule has 8 heteroatoms. The average molecular weight is 350 g/mol. The molecule has 0 spiro atoms. The van der Waals surface area contributed by atoms with Crippen molar-refractivity contribution in [1.82, 2.24) is 0 Å². The molecule has 0 fully saturated rings. The third-order valence-corrected chi connectivity index (χ3v) is 4.73. The van der Waals surface area contributed by atoms with E-state index in [1.807, 2.05) is 6.92 Å². The first-order valence-electron chi connectivity index (χ1n) is 6.72. The van der Waals surface area contributed by atoms with E-state index in [1.165, 1.54) is 36.0 Å². The van der Waals surface area contributed by atoms with Crippen LogP contribution in [0.2, 0.25) is 0 Å². The maximum atomic E-state index is 12.0. The fourth-order valence-corrected chi connectivity index (χ4v) is 3.38. The van der Waals surface area contributed by atoms with Gasteiger partial charge in [0.05, 0.1) is 11.5 Å². The lowest BCUT2D eigenvalue weighted by Crippen LogP contribution is -1.97. The van der Waals surface area contributed by atoms with E-state index >= 15 is 0 Å². The Morgan fingerprint density at radius 2 is 2.30 bits per heavy atom. The zero-order valence-corrected chi connectivity index (χ0v) is 14.0. The minimum absolute atomic E-state index is 0.0661. The van der Waals surface area contributed by atoms with Crippen molar-refractivity contribution in [3.05, 3.63) is 52.2 Å². The second kappa shape index (κ2) is 7.98. The van der Waals surface area contributed by atoms with Crippen molar-refractivity contribution in [3.63, 3.8) is 0 Å². The number of nitro groups is 1. The standard InChI is InChI=1S/C15H14N2O4S2/c1-3-7-22-15-16-12(14(18)23-15)9-10-8-11(17(19)20)5-6-13(10)21-4-2/h3,5-6,8-9H,1,4,7H2,2H3. The second-order valence-electron chi connectivity index (χ2n) is 4.31. The summed E-state index contributed by atoms with van der Waals surface area (Å²) < 4.78 is 6.10. The smallest absolute Gasteiger partial charge is 0.270 e. The lowest BCUT2D eigenvalue weighted by Gasteiger charge is -2.07. The second-order valence-corrected chi connectivity index (χ2v) is 6.54. The molecule has 1 heterocycles. The molecule has 0 unspecified atom stereocenters. The van der Waals surface area contributed by atoms with E-state index in [1.54, 1.807) is 6.08 Å². The quantitative estimate of drug-likeness (QED) is 0.335. The molecular formula is C15H14N2O4S2. The van der Waals surface area contributed by atoms with E-state index in [0.717, 1.165) is 11.8 Å². The summed E-state index contributed by atoms with van der Waals surface area (Å²) in [6.07, 6.45) is 3.25. The maximum Gasteiger partial charge on any atom is 0.270 e. The van der Waals surface area contributed by atoms with Crippen molar-refractivity contribution in [3.8, 4) is 5.75 Å². The molecule has 1 aromatic rings. The fraction of sp³-hybridized carbons (Fsp3) is 0.200. The predicted octanol–water partition coefficient (Wildman–Crippen LogP) is 3.88. The van der Waals surface area contributed by atoms with Gasteiger partial charge in [-0.15, -0.1) is 6.58 Å². The van der Waals surface area contributed by atoms with Gasteiger partial charge < -0.3 is 4.74 Å². The third-order valence-electron chi connectivity index (χ3n) is 2.72. The number of rotatable bonds is 6. The van der Waals surface area contributed by atoms with Crippen molar-refractivity contribution in [2.24, 2.45) is 4.99 Å². The molecule has 0 bridgehead atoms. The van der Waals surface area contributed by atoms with Crippen molar-refractivity contribution in [2.45, 2.75) is 6.92 Å². The molecule has 0 aromatic heterocycles. The number of nitrogens with zero attached hydrogens (tertiary/aromatic N) is 2. The molecule has 2 rings (SSSR count). The predicted molar refractivity (Wildman–Crippen MR) is 94.9 cm³/mol. The summed E-state index contributed by atoms with van der Waals surface area (Å²) >= 11 is 2.46. The Labute approximate surface area is 141 Å². The Bertz CT molecular complexity index is 713. The maximum absolute atomic E-state index is 12.0. The van der Waals surface area contributed by atoms with Crippen LogP contribution in [0.4, 0.5) is 5.69 Å². The van der Waals surface area contributed by atoms with E-state index < -0.39 is 4.92 Å². The van der Waals surface area contributed by atoms with Crippen LogP contribution in [0.25, 0.3) is 6.08 Å². The van der Waals surface area contributed by atoms with Crippen molar-refractivity contribution in [2.75, 3.05) is 12.4 Å². The third kappa shape index (κ3) is 4.46. The number of hydrogen-bond donors (Lipinski definition) is 0. The summed E-state index contributed by atoms with van der Waals surface area (Å²) in [6.45, 7) is 5.85. The molecule has 1 aliphatic heterocycles. The first kappa shape index (κ1) is 17.3. The molecule has 0 saturated heterocycles. The van der Waals surface area contributed by atoms with Gasteiger partial charge in [-0.2, -0.15) is 0 Å². The van der Waals surface area contributed by atoms with Crippen LogP contribution in [0.5, 0.6) is 5.75 Å². The van der Waals surface area contributed by atoms with E-state index in [4.69, 9.17) is 4.74 Å². The minimum Gasteiger partial charge on any atom is -0.493 e. The van der Waals surface area contributed by atoms with E-state index in [2.05, 4.69) is 11.6 Å². The highest BCUT2D eigenvalue weighted by Crippen LogP contribution is 2.33. The number of aliphatic imine (C=N–C) groups is 1. The summed E-state index contributed by atoms with van der Waals surface area (Å²) in [5, 5.41) is 10.7. The van der Waals surface area contributed by atoms with Crippen LogP contribution in [-0.2, 0) is 4.79 Å². The summed E-state index contributed by atoms with van der Waals surface area (Å²) in [6, 6.07) is 4.27. The number of hydrogen-bond acceptors (Lipinski definition) is 7. The fourth-order valence-electron chi connectivity index (χ4n) is 1.78. The molecule has 6 nitrogen and oxygen atoms in total. The molecule has 0 saturated carbocycles. The Balaban J connectivity index is 2.37. The molecule has 120 valence electrons. The van der Waals surface area contributed by atoms with Crippen molar-refractivity contribution in [1.29, 1.82) is 0 Å². The van der Waals surface area contributed by atoms with Gasteiger partial charge in [0.15, 0.2) is 0 Å². The van der Waals surface area contributed by atoms with Crippen LogP contribution >= 0.6 is 23.5 Å². The molecule has 23 heavy (non-hydrogen) atoms. The average Bonchev–Trinajstić information content (AvgIpc) is 2.87. The van der Waals surface area contributed by atoms with Gasteiger partial charge in [-0.1, -0.05) is 17.8 Å². The van der Waals surface area contributed by atoms with Gasteiger partial charge in [0.25, 0.3) is 5.69 Å². The van der Waals surface area contributed by atoms with E-state index in [0.29, 0.717) is 28.0 Å². The highest BCUT2D eigenvalue weighted by Gasteiger charge is 2.23. The zero-order valence-electron chi connectivity index (χ0n) is 12.4. The van der Waals surface area contributed by atoms with E-state index in [9.17, 15) is 14.9 Å². The molecule has 1 aliphatic rings. The van der Waals surface area contributed by atoms with E-state index in [-0.39, 0.29) is 16.5 Å². The number of carbonyl (C=O) groups excluding carboxylic acids is 1. The zero-order chi connectivity index (χ0) is 16.8. The largest absolute Gasteiger partial charge is 0.493 e. The van der Waals surface area contributed by atoms with Gasteiger partial charge in [0, 0.05) is 23.4 Å².